The molecular weight excluding hydrogens is 340 g/mol. The lowest BCUT2D eigenvalue weighted by Crippen LogP contribution is -2.37. The normalized spacial score (nSPS) is 10.3. The van der Waals surface area contributed by atoms with Crippen LogP contribution in [-0.2, 0) is 9.59 Å². The zero-order valence-corrected chi connectivity index (χ0v) is 13.9. The molecule has 0 radical (unpaired) electrons. The Morgan fingerprint density at radius 3 is 2.65 bits per heavy atom. The third kappa shape index (κ3) is 5.22. The molecule has 0 saturated heterocycles. The minimum atomic E-state index is -0.271. The number of halogens is 1. The summed E-state index contributed by atoms with van der Waals surface area (Å²) in [5, 5.41) is 17.6. The first-order chi connectivity index (χ1) is 11.1. The molecule has 2 aromatic rings. The summed E-state index contributed by atoms with van der Waals surface area (Å²) in [6.45, 7) is 2.29. The summed E-state index contributed by atoms with van der Waals surface area (Å²) < 4.78 is 1.51. The van der Waals surface area contributed by atoms with Crippen LogP contribution in [0.3, 0.4) is 0 Å². The van der Waals surface area contributed by atoms with Crippen molar-refractivity contribution >= 4 is 35.2 Å². The Labute approximate surface area is 142 Å². The van der Waals surface area contributed by atoms with Crippen LogP contribution < -0.4 is 10.6 Å². The van der Waals surface area contributed by atoms with Crippen LogP contribution in [0.2, 0.25) is 5.02 Å². The van der Waals surface area contributed by atoms with Crippen molar-refractivity contribution in [2.24, 2.45) is 0 Å². The maximum atomic E-state index is 11.7. The molecular formula is C13H15ClN6O2S. The van der Waals surface area contributed by atoms with Gasteiger partial charge in [-0.2, -0.15) is 4.68 Å². The van der Waals surface area contributed by atoms with Gasteiger partial charge in [0.2, 0.25) is 17.0 Å². The molecule has 1 aromatic carbocycles. The van der Waals surface area contributed by atoms with Gasteiger partial charge >= 0.3 is 0 Å². The van der Waals surface area contributed by atoms with Gasteiger partial charge in [-0.05, 0) is 41.6 Å². The van der Waals surface area contributed by atoms with Crippen LogP contribution in [-0.4, -0.2) is 50.9 Å². The molecule has 23 heavy (non-hydrogen) atoms. The Kier molecular flexibility index (Phi) is 6.36. The molecule has 2 rings (SSSR count). The van der Waals surface area contributed by atoms with Crippen molar-refractivity contribution in [3.8, 4) is 5.69 Å². The lowest BCUT2D eigenvalue weighted by Gasteiger charge is -2.06. The van der Waals surface area contributed by atoms with E-state index in [0.29, 0.717) is 16.7 Å². The first kappa shape index (κ1) is 17.2. The SMILES string of the molecule is CCNC(=O)CNC(=O)CSc1nnnn1-c1ccc(Cl)cc1. The van der Waals surface area contributed by atoms with Crippen LogP contribution in [0, 0.1) is 0 Å². The number of likely N-dealkylation sites (N-methyl/N-ethyl adjacent to an activating group) is 1. The third-order valence-corrected chi connectivity index (χ3v) is 3.84. The second-order valence-corrected chi connectivity index (χ2v) is 5.75. The Hall–Kier alpha value is -2.13. The minimum Gasteiger partial charge on any atom is -0.355 e. The number of benzene rings is 1. The lowest BCUT2D eigenvalue weighted by molar-refractivity contribution is -0.124. The molecule has 0 atom stereocenters. The van der Waals surface area contributed by atoms with Gasteiger partial charge in [0.1, 0.15) is 0 Å². The second-order valence-electron chi connectivity index (χ2n) is 4.37. The number of thioether (sulfide) groups is 1. The molecule has 8 nitrogen and oxygen atoms in total. The molecule has 0 fully saturated rings. The van der Waals surface area contributed by atoms with Gasteiger partial charge in [-0.25, -0.2) is 0 Å². The van der Waals surface area contributed by atoms with Gasteiger partial charge in [-0.3, -0.25) is 9.59 Å². The van der Waals surface area contributed by atoms with E-state index < -0.39 is 0 Å². The van der Waals surface area contributed by atoms with Gasteiger partial charge < -0.3 is 10.6 Å². The van der Waals surface area contributed by atoms with Crippen LogP contribution in [0.5, 0.6) is 0 Å². The number of amides is 2. The van der Waals surface area contributed by atoms with Crippen LogP contribution in [0.15, 0.2) is 29.4 Å². The lowest BCUT2D eigenvalue weighted by atomic mass is 10.3. The molecule has 2 N–H and O–H groups in total. The molecule has 0 unspecified atom stereocenters. The van der Waals surface area contributed by atoms with E-state index in [4.69, 9.17) is 11.6 Å². The fraction of sp³-hybridized carbons (Fsp3) is 0.308. The van der Waals surface area contributed by atoms with Gasteiger partial charge in [-0.15, -0.1) is 5.10 Å². The highest BCUT2D eigenvalue weighted by atomic mass is 35.5. The average molecular weight is 355 g/mol. The highest BCUT2D eigenvalue weighted by Gasteiger charge is 2.12. The van der Waals surface area contributed by atoms with Gasteiger partial charge in [0.25, 0.3) is 0 Å². The first-order valence-corrected chi connectivity index (χ1v) is 8.17. The highest BCUT2D eigenvalue weighted by Crippen LogP contribution is 2.19. The molecule has 0 bridgehead atoms. The Bertz CT molecular complexity index is 675. The monoisotopic (exact) mass is 354 g/mol. The zero-order chi connectivity index (χ0) is 16.7. The zero-order valence-electron chi connectivity index (χ0n) is 12.3. The predicted octanol–water partition coefficient (Wildman–Crippen LogP) is 0.660. The first-order valence-electron chi connectivity index (χ1n) is 6.80. The standard InChI is InChI=1S/C13H15ClN6O2S/c1-2-15-11(21)7-16-12(22)8-23-13-17-18-19-20(13)10-5-3-9(14)4-6-10/h3-6H,2,7-8H2,1H3,(H,15,21)(H,16,22). The van der Waals surface area contributed by atoms with E-state index in [1.54, 1.807) is 24.3 Å². The molecule has 10 heteroatoms. The van der Waals surface area contributed by atoms with E-state index in [0.717, 1.165) is 5.69 Å². The molecule has 1 heterocycles. The van der Waals surface area contributed by atoms with Crippen molar-refractivity contribution in [3.05, 3.63) is 29.3 Å². The highest BCUT2D eigenvalue weighted by molar-refractivity contribution is 7.99. The molecule has 2 amide bonds. The maximum absolute atomic E-state index is 11.7. The van der Waals surface area contributed by atoms with Crippen LogP contribution in [0.4, 0.5) is 0 Å². The summed E-state index contributed by atoms with van der Waals surface area (Å²) in [7, 11) is 0. The van der Waals surface area contributed by atoms with E-state index >= 15 is 0 Å². The minimum absolute atomic E-state index is 0.0463. The number of hydrogen-bond acceptors (Lipinski definition) is 6. The van der Waals surface area contributed by atoms with Gasteiger partial charge in [-0.1, -0.05) is 23.4 Å². The van der Waals surface area contributed by atoms with Crippen molar-refractivity contribution in [2.75, 3.05) is 18.8 Å². The van der Waals surface area contributed by atoms with E-state index in [2.05, 4.69) is 26.2 Å². The summed E-state index contributed by atoms with van der Waals surface area (Å²) >= 11 is 7.02. The summed E-state index contributed by atoms with van der Waals surface area (Å²) in [5.41, 5.74) is 0.740. The number of tetrazole rings is 1. The number of carbonyl (C=O) groups is 2. The van der Waals surface area contributed by atoms with E-state index in [1.807, 2.05) is 6.92 Å². The van der Waals surface area contributed by atoms with E-state index in [9.17, 15) is 9.59 Å². The summed E-state index contributed by atoms with van der Waals surface area (Å²) in [6, 6.07) is 7.01. The van der Waals surface area contributed by atoms with E-state index in [-0.39, 0.29) is 24.1 Å². The smallest absolute Gasteiger partial charge is 0.239 e. The maximum Gasteiger partial charge on any atom is 0.239 e. The third-order valence-electron chi connectivity index (χ3n) is 2.66. The van der Waals surface area contributed by atoms with Crippen molar-refractivity contribution in [1.29, 1.82) is 0 Å². The Balaban J connectivity index is 1.89. The Morgan fingerprint density at radius 1 is 1.22 bits per heavy atom. The van der Waals surface area contributed by atoms with Gasteiger partial charge in [0.15, 0.2) is 0 Å². The Morgan fingerprint density at radius 2 is 1.96 bits per heavy atom. The van der Waals surface area contributed by atoms with Crippen molar-refractivity contribution in [3.63, 3.8) is 0 Å². The summed E-state index contributed by atoms with van der Waals surface area (Å²) in [6.07, 6.45) is 0. The van der Waals surface area contributed by atoms with E-state index in [1.165, 1.54) is 16.4 Å². The van der Waals surface area contributed by atoms with Crippen molar-refractivity contribution < 1.29 is 9.59 Å². The summed E-state index contributed by atoms with van der Waals surface area (Å²) in [4.78, 5) is 23.0. The number of nitrogens with zero attached hydrogens (tertiary/aromatic N) is 4. The average Bonchev–Trinajstić information content (AvgIpc) is 3.00. The molecule has 0 saturated carbocycles. The van der Waals surface area contributed by atoms with Crippen LogP contribution in [0.1, 0.15) is 6.92 Å². The summed E-state index contributed by atoms with van der Waals surface area (Å²) in [5.74, 6) is -0.392. The fourth-order valence-corrected chi connectivity index (χ4v) is 2.48. The van der Waals surface area contributed by atoms with Gasteiger partial charge in [0.05, 0.1) is 18.0 Å². The molecule has 1 aromatic heterocycles. The number of nitrogens with one attached hydrogen (secondary N) is 2. The molecule has 122 valence electrons. The predicted molar refractivity (Wildman–Crippen MR) is 86.6 cm³/mol. The fourth-order valence-electron chi connectivity index (χ4n) is 1.63. The largest absolute Gasteiger partial charge is 0.355 e. The van der Waals surface area contributed by atoms with Crippen LogP contribution >= 0.6 is 23.4 Å². The molecule has 0 aliphatic rings. The second kappa shape index (κ2) is 8.49. The molecule has 0 aliphatic carbocycles. The van der Waals surface area contributed by atoms with Crippen molar-refractivity contribution in [1.82, 2.24) is 30.8 Å². The van der Waals surface area contributed by atoms with Gasteiger partial charge in [0, 0.05) is 11.6 Å². The topological polar surface area (TPSA) is 102 Å². The number of carbonyl (C=O) groups excluding carboxylic acids is 2. The number of hydrogen-bond donors (Lipinski definition) is 2. The molecule has 0 spiro atoms. The number of aromatic nitrogens is 4. The van der Waals surface area contributed by atoms with Crippen LogP contribution in [0.25, 0.3) is 5.69 Å². The number of rotatable bonds is 7. The quantitative estimate of drug-likeness (QED) is 0.708. The van der Waals surface area contributed by atoms with Crippen molar-refractivity contribution in [2.45, 2.75) is 12.1 Å². The molecule has 0 aliphatic heterocycles.